The van der Waals surface area contributed by atoms with Crippen LogP contribution in [-0.4, -0.2) is 31.0 Å². The van der Waals surface area contributed by atoms with E-state index in [4.69, 9.17) is 4.42 Å². The van der Waals surface area contributed by atoms with Gasteiger partial charge in [0.1, 0.15) is 5.76 Å². The fourth-order valence-electron chi connectivity index (χ4n) is 2.90. The predicted octanol–water partition coefficient (Wildman–Crippen LogP) is 2.73. The molecule has 1 aliphatic heterocycles. The number of oxazole rings is 1. The fourth-order valence-corrected chi connectivity index (χ4v) is 2.90. The Bertz CT molecular complexity index is 659. The molecule has 0 bridgehead atoms. The van der Waals surface area contributed by atoms with Crippen molar-refractivity contribution in [2.75, 3.05) is 25.0 Å². The minimum Gasteiger partial charge on any atom is -0.447 e. The Morgan fingerprint density at radius 1 is 1.36 bits per heavy atom. The van der Waals surface area contributed by atoms with Gasteiger partial charge in [-0.3, -0.25) is 4.79 Å². The minimum atomic E-state index is -0.118. The third-order valence-corrected chi connectivity index (χ3v) is 4.20. The summed E-state index contributed by atoms with van der Waals surface area (Å²) >= 11 is 0. The van der Waals surface area contributed by atoms with Gasteiger partial charge in [0.15, 0.2) is 12.1 Å². The molecular formula is C17H21N3O2. The lowest BCUT2D eigenvalue weighted by Gasteiger charge is -2.22. The first-order valence-corrected chi connectivity index (χ1v) is 7.65. The van der Waals surface area contributed by atoms with E-state index in [1.54, 1.807) is 11.9 Å². The number of piperidine rings is 1. The molecule has 3 rings (SSSR count). The Hall–Kier alpha value is -2.14. The van der Waals surface area contributed by atoms with E-state index in [0.29, 0.717) is 5.69 Å². The third-order valence-electron chi connectivity index (χ3n) is 4.20. The highest BCUT2D eigenvalue weighted by Gasteiger charge is 2.27. The first-order chi connectivity index (χ1) is 10.7. The summed E-state index contributed by atoms with van der Waals surface area (Å²) in [4.78, 5) is 18.6. The van der Waals surface area contributed by atoms with E-state index in [1.165, 1.54) is 6.39 Å². The highest BCUT2D eigenvalue weighted by atomic mass is 16.3. The Kier molecular flexibility index (Phi) is 4.24. The maximum atomic E-state index is 12.8. The van der Waals surface area contributed by atoms with Crippen molar-refractivity contribution in [3.63, 3.8) is 0 Å². The second kappa shape index (κ2) is 6.32. The van der Waals surface area contributed by atoms with Gasteiger partial charge in [0.05, 0.1) is 0 Å². The molecule has 5 nitrogen and oxygen atoms in total. The second-order valence-electron chi connectivity index (χ2n) is 5.79. The number of benzene rings is 1. The maximum absolute atomic E-state index is 12.8. The van der Waals surface area contributed by atoms with Crippen LogP contribution < -0.4 is 10.2 Å². The van der Waals surface area contributed by atoms with Crippen LogP contribution in [0.2, 0.25) is 0 Å². The zero-order chi connectivity index (χ0) is 15.5. The number of hydrogen-bond donors (Lipinski definition) is 1. The average Bonchev–Trinajstić information content (AvgIpc) is 3.04. The van der Waals surface area contributed by atoms with Crippen LogP contribution in [0.25, 0.3) is 0 Å². The van der Waals surface area contributed by atoms with Crippen LogP contribution in [0.4, 0.5) is 5.69 Å². The summed E-state index contributed by atoms with van der Waals surface area (Å²) < 4.78 is 5.55. The normalized spacial score (nSPS) is 15.7. The van der Waals surface area contributed by atoms with Crippen molar-refractivity contribution < 1.29 is 9.21 Å². The zero-order valence-corrected chi connectivity index (χ0v) is 13.0. The van der Waals surface area contributed by atoms with Crippen molar-refractivity contribution >= 4 is 11.6 Å². The van der Waals surface area contributed by atoms with Gasteiger partial charge in [0.25, 0.3) is 5.91 Å². The topological polar surface area (TPSA) is 58.4 Å². The van der Waals surface area contributed by atoms with Gasteiger partial charge in [-0.15, -0.1) is 0 Å². The molecule has 1 saturated heterocycles. The zero-order valence-electron chi connectivity index (χ0n) is 13.0. The van der Waals surface area contributed by atoms with Gasteiger partial charge >= 0.3 is 0 Å². The number of amides is 1. The molecule has 5 heteroatoms. The van der Waals surface area contributed by atoms with Crippen LogP contribution in [0.3, 0.4) is 0 Å². The van der Waals surface area contributed by atoms with Gasteiger partial charge in [-0.1, -0.05) is 12.1 Å². The van der Waals surface area contributed by atoms with E-state index in [1.807, 2.05) is 31.2 Å². The lowest BCUT2D eigenvalue weighted by atomic mass is 9.94. The summed E-state index contributed by atoms with van der Waals surface area (Å²) in [6.45, 7) is 3.91. The molecule has 0 radical (unpaired) electrons. The summed E-state index contributed by atoms with van der Waals surface area (Å²) in [6.07, 6.45) is 3.34. The van der Waals surface area contributed by atoms with Gasteiger partial charge in [-0.05, 0) is 50.6 Å². The van der Waals surface area contributed by atoms with Crippen molar-refractivity contribution in [3.8, 4) is 0 Å². The number of carbonyl (C=O) groups excluding carboxylic acids is 1. The summed E-state index contributed by atoms with van der Waals surface area (Å²) in [5, 5.41) is 3.32. The molecule has 0 spiro atoms. The van der Waals surface area contributed by atoms with Crippen molar-refractivity contribution in [1.82, 2.24) is 10.3 Å². The standard InChI is InChI=1S/C17H21N3O2/c1-12-4-3-5-14(10-12)20(2)17(21)15-16(22-11-19-15)13-6-8-18-9-7-13/h3-5,10-11,13,18H,6-9H2,1-2H3. The number of rotatable bonds is 3. The maximum Gasteiger partial charge on any atom is 0.280 e. The van der Waals surface area contributed by atoms with Gasteiger partial charge in [-0.2, -0.15) is 0 Å². The van der Waals surface area contributed by atoms with E-state index in [9.17, 15) is 4.79 Å². The predicted molar refractivity (Wildman–Crippen MR) is 85.3 cm³/mol. The minimum absolute atomic E-state index is 0.118. The number of anilines is 1. The quantitative estimate of drug-likeness (QED) is 0.946. The fraction of sp³-hybridized carbons (Fsp3) is 0.412. The number of aryl methyl sites for hydroxylation is 1. The Balaban J connectivity index is 1.84. The van der Waals surface area contributed by atoms with Gasteiger partial charge in [0.2, 0.25) is 0 Å². The summed E-state index contributed by atoms with van der Waals surface area (Å²) in [5.41, 5.74) is 2.43. The monoisotopic (exact) mass is 299 g/mol. The summed E-state index contributed by atoms with van der Waals surface area (Å²) in [7, 11) is 1.78. The van der Waals surface area contributed by atoms with Crippen LogP contribution in [0, 0.1) is 6.92 Å². The molecule has 1 amide bonds. The van der Waals surface area contributed by atoms with Crippen molar-refractivity contribution in [1.29, 1.82) is 0 Å². The molecule has 116 valence electrons. The summed E-state index contributed by atoms with van der Waals surface area (Å²) in [6, 6.07) is 7.88. The molecule has 2 heterocycles. The highest BCUT2D eigenvalue weighted by molar-refractivity contribution is 6.05. The number of carbonyl (C=O) groups is 1. The molecule has 0 atom stereocenters. The lowest BCUT2D eigenvalue weighted by molar-refractivity contribution is 0.0986. The first-order valence-electron chi connectivity index (χ1n) is 7.65. The lowest BCUT2D eigenvalue weighted by Crippen LogP contribution is -2.30. The Labute approximate surface area is 130 Å². The molecule has 1 aromatic carbocycles. The molecule has 0 aliphatic carbocycles. The van der Waals surface area contributed by atoms with Crippen molar-refractivity contribution in [3.05, 3.63) is 47.7 Å². The SMILES string of the molecule is Cc1cccc(N(C)C(=O)c2ncoc2C2CCNCC2)c1. The van der Waals surface area contributed by atoms with Gasteiger partial charge in [-0.25, -0.2) is 4.98 Å². The van der Waals surface area contributed by atoms with Gasteiger partial charge in [0, 0.05) is 18.7 Å². The van der Waals surface area contributed by atoms with Gasteiger partial charge < -0.3 is 14.6 Å². The van der Waals surface area contributed by atoms with Crippen LogP contribution in [0.5, 0.6) is 0 Å². The Morgan fingerprint density at radius 2 is 2.14 bits per heavy atom. The summed E-state index contributed by atoms with van der Waals surface area (Å²) in [5.74, 6) is 0.882. The molecule has 22 heavy (non-hydrogen) atoms. The molecule has 1 N–H and O–H groups in total. The number of nitrogens with one attached hydrogen (secondary N) is 1. The van der Waals surface area contributed by atoms with E-state index >= 15 is 0 Å². The average molecular weight is 299 g/mol. The Morgan fingerprint density at radius 3 is 2.86 bits per heavy atom. The van der Waals surface area contributed by atoms with E-state index in [-0.39, 0.29) is 11.8 Å². The first kappa shape index (κ1) is 14.8. The molecule has 1 aromatic heterocycles. The number of hydrogen-bond acceptors (Lipinski definition) is 4. The molecule has 0 saturated carbocycles. The van der Waals surface area contributed by atoms with Crippen LogP contribution in [-0.2, 0) is 0 Å². The third kappa shape index (κ3) is 2.90. The van der Waals surface area contributed by atoms with Crippen LogP contribution >= 0.6 is 0 Å². The molecule has 1 fully saturated rings. The van der Waals surface area contributed by atoms with E-state index in [0.717, 1.165) is 42.9 Å². The number of nitrogens with zero attached hydrogens (tertiary/aromatic N) is 2. The molecule has 0 unspecified atom stereocenters. The molecule has 1 aliphatic rings. The van der Waals surface area contributed by atoms with E-state index in [2.05, 4.69) is 10.3 Å². The van der Waals surface area contributed by atoms with Crippen LogP contribution in [0.1, 0.15) is 40.6 Å². The number of aromatic nitrogens is 1. The van der Waals surface area contributed by atoms with Crippen molar-refractivity contribution in [2.24, 2.45) is 0 Å². The van der Waals surface area contributed by atoms with Crippen LogP contribution in [0.15, 0.2) is 35.1 Å². The van der Waals surface area contributed by atoms with E-state index < -0.39 is 0 Å². The largest absolute Gasteiger partial charge is 0.447 e. The molecular weight excluding hydrogens is 278 g/mol. The smallest absolute Gasteiger partial charge is 0.280 e. The highest BCUT2D eigenvalue weighted by Crippen LogP contribution is 2.29. The molecule has 2 aromatic rings. The second-order valence-corrected chi connectivity index (χ2v) is 5.79. The van der Waals surface area contributed by atoms with Crippen molar-refractivity contribution in [2.45, 2.75) is 25.7 Å².